The van der Waals surface area contributed by atoms with E-state index in [2.05, 4.69) is 12.2 Å². The lowest BCUT2D eigenvalue weighted by molar-refractivity contribution is -0.153. The summed E-state index contributed by atoms with van der Waals surface area (Å²) in [5, 5.41) is 2.77. The predicted molar refractivity (Wildman–Crippen MR) is 87.5 cm³/mol. The van der Waals surface area contributed by atoms with Gasteiger partial charge < -0.3 is 19.7 Å². The molecule has 0 saturated carbocycles. The predicted octanol–water partition coefficient (Wildman–Crippen LogP) is 2.05. The summed E-state index contributed by atoms with van der Waals surface area (Å²) in [6.07, 6.45) is 1.44. The molecule has 1 aliphatic rings. The topological polar surface area (TPSA) is 67.9 Å². The van der Waals surface area contributed by atoms with Crippen molar-refractivity contribution < 1.29 is 19.1 Å². The van der Waals surface area contributed by atoms with Gasteiger partial charge in [-0.15, -0.1) is 0 Å². The highest BCUT2D eigenvalue weighted by Crippen LogP contribution is 2.17. The van der Waals surface area contributed by atoms with Crippen molar-refractivity contribution in [2.24, 2.45) is 0 Å². The average Bonchev–Trinajstić information content (AvgIpc) is 2.54. The first-order valence-electron chi connectivity index (χ1n) is 7.99. The van der Waals surface area contributed by atoms with Crippen molar-refractivity contribution in [2.75, 3.05) is 32.1 Å². The third kappa shape index (κ3) is 5.25. The van der Waals surface area contributed by atoms with Crippen molar-refractivity contribution in [1.82, 2.24) is 4.90 Å². The largest absolute Gasteiger partial charge is 0.494 e. The fourth-order valence-electron chi connectivity index (χ4n) is 2.25. The molecule has 0 aromatic heterocycles. The zero-order valence-electron chi connectivity index (χ0n) is 13.7. The molecule has 2 amide bonds. The second-order valence-corrected chi connectivity index (χ2v) is 5.60. The van der Waals surface area contributed by atoms with E-state index in [-0.39, 0.29) is 18.2 Å². The molecule has 0 aliphatic carbocycles. The van der Waals surface area contributed by atoms with Crippen LogP contribution in [0, 0.1) is 0 Å². The van der Waals surface area contributed by atoms with Gasteiger partial charge in [-0.3, -0.25) is 9.59 Å². The molecule has 1 atom stereocenters. The lowest BCUT2D eigenvalue weighted by Gasteiger charge is -2.29. The highest BCUT2D eigenvalue weighted by Gasteiger charge is 2.29. The summed E-state index contributed by atoms with van der Waals surface area (Å²) in [6, 6.07) is 7.21. The lowest BCUT2D eigenvalue weighted by atomic mass is 10.2. The van der Waals surface area contributed by atoms with Gasteiger partial charge in [0, 0.05) is 19.3 Å². The number of benzene rings is 1. The van der Waals surface area contributed by atoms with E-state index in [1.807, 2.05) is 12.1 Å². The molecule has 0 spiro atoms. The van der Waals surface area contributed by atoms with Crippen LogP contribution < -0.4 is 10.1 Å². The van der Waals surface area contributed by atoms with Gasteiger partial charge in [-0.2, -0.15) is 0 Å². The van der Waals surface area contributed by atoms with Gasteiger partial charge in [-0.05, 0) is 30.7 Å². The van der Waals surface area contributed by atoms with Crippen LogP contribution in [0.3, 0.4) is 0 Å². The summed E-state index contributed by atoms with van der Waals surface area (Å²) in [4.78, 5) is 25.5. The number of nitrogens with one attached hydrogen (secondary N) is 1. The maximum atomic E-state index is 12.0. The molecule has 1 aliphatic heterocycles. The second-order valence-electron chi connectivity index (χ2n) is 5.60. The van der Waals surface area contributed by atoms with E-state index < -0.39 is 6.10 Å². The van der Waals surface area contributed by atoms with Crippen LogP contribution >= 0.6 is 0 Å². The van der Waals surface area contributed by atoms with Crippen LogP contribution in [-0.4, -0.2) is 49.6 Å². The van der Waals surface area contributed by atoms with Gasteiger partial charge in [-0.25, -0.2) is 0 Å². The molecule has 6 nitrogen and oxygen atoms in total. The maximum Gasteiger partial charge on any atom is 0.252 e. The van der Waals surface area contributed by atoms with Crippen molar-refractivity contribution in [3.8, 4) is 5.75 Å². The van der Waals surface area contributed by atoms with Gasteiger partial charge in [0.15, 0.2) is 0 Å². The fourth-order valence-corrected chi connectivity index (χ4v) is 2.25. The van der Waals surface area contributed by atoms with E-state index in [4.69, 9.17) is 9.47 Å². The van der Waals surface area contributed by atoms with Crippen LogP contribution in [0.25, 0.3) is 0 Å². The molecule has 1 N–H and O–H groups in total. The number of unbranched alkanes of at least 4 members (excludes halogenated alkanes) is 1. The molecule has 1 aromatic carbocycles. The molecule has 1 aromatic rings. The van der Waals surface area contributed by atoms with E-state index in [0.29, 0.717) is 25.4 Å². The molecule has 1 fully saturated rings. The first-order valence-corrected chi connectivity index (χ1v) is 7.99. The third-order valence-corrected chi connectivity index (χ3v) is 3.67. The highest BCUT2D eigenvalue weighted by atomic mass is 16.5. The number of hydrogen-bond acceptors (Lipinski definition) is 4. The van der Waals surface area contributed by atoms with Crippen LogP contribution in [0.1, 0.15) is 26.2 Å². The van der Waals surface area contributed by atoms with E-state index in [0.717, 1.165) is 18.6 Å². The maximum absolute atomic E-state index is 12.0. The van der Waals surface area contributed by atoms with Gasteiger partial charge in [-0.1, -0.05) is 13.3 Å². The third-order valence-electron chi connectivity index (χ3n) is 3.67. The zero-order chi connectivity index (χ0) is 16.7. The Hall–Kier alpha value is -2.08. The Morgan fingerprint density at radius 2 is 2.13 bits per heavy atom. The minimum Gasteiger partial charge on any atom is -0.494 e. The minimum atomic E-state index is -0.689. The van der Waals surface area contributed by atoms with Crippen LogP contribution in [0.15, 0.2) is 24.3 Å². The molecule has 23 heavy (non-hydrogen) atoms. The first kappa shape index (κ1) is 17.3. The van der Waals surface area contributed by atoms with Crippen molar-refractivity contribution in [3.63, 3.8) is 0 Å². The summed E-state index contributed by atoms with van der Waals surface area (Å²) < 4.78 is 10.9. The molecular formula is C17H24N2O4. The summed E-state index contributed by atoms with van der Waals surface area (Å²) in [5.41, 5.74) is 0.675. The van der Waals surface area contributed by atoms with E-state index in [9.17, 15) is 9.59 Å². The molecule has 6 heteroatoms. The second kappa shape index (κ2) is 8.53. The Balaban J connectivity index is 1.81. The summed E-state index contributed by atoms with van der Waals surface area (Å²) in [6.45, 7) is 3.83. The molecule has 2 rings (SSSR count). The Morgan fingerprint density at radius 3 is 2.83 bits per heavy atom. The number of nitrogens with zero attached hydrogens (tertiary/aromatic N) is 1. The van der Waals surface area contributed by atoms with Gasteiger partial charge in [0.1, 0.15) is 11.9 Å². The Kier molecular flexibility index (Phi) is 6.40. The van der Waals surface area contributed by atoms with Crippen molar-refractivity contribution in [3.05, 3.63) is 24.3 Å². The van der Waals surface area contributed by atoms with Crippen LogP contribution in [0.5, 0.6) is 5.75 Å². The molecule has 1 heterocycles. The molecule has 0 bridgehead atoms. The van der Waals surface area contributed by atoms with Gasteiger partial charge in [0.05, 0.1) is 19.6 Å². The average molecular weight is 320 g/mol. The van der Waals surface area contributed by atoms with Gasteiger partial charge in [0.2, 0.25) is 5.91 Å². The SMILES string of the molecule is CCCCOc1ccc(NC(=O)CC2OCCN(C)C2=O)cc1. The summed E-state index contributed by atoms with van der Waals surface area (Å²) >= 11 is 0. The first-order chi connectivity index (χ1) is 11.1. The van der Waals surface area contributed by atoms with Crippen molar-refractivity contribution in [2.45, 2.75) is 32.3 Å². The van der Waals surface area contributed by atoms with E-state index in [1.54, 1.807) is 24.1 Å². The number of carbonyl (C=O) groups is 2. The highest BCUT2D eigenvalue weighted by molar-refractivity contribution is 5.95. The number of ether oxygens (including phenoxy) is 2. The molecular weight excluding hydrogens is 296 g/mol. The van der Waals surface area contributed by atoms with Gasteiger partial charge >= 0.3 is 0 Å². The number of morpholine rings is 1. The Bertz CT molecular complexity index is 530. The van der Waals surface area contributed by atoms with Gasteiger partial charge in [0.25, 0.3) is 5.91 Å². The number of hydrogen-bond donors (Lipinski definition) is 1. The Morgan fingerprint density at radius 1 is 1.39 bits per heavy atom. The van der Waals surface area contributed by atoms with Crippen LogP contribution in [-0.2, 0) is 14.3 Å². The van der Waals surface area contributed by atoms with E-state index in [1.165, 1.54) is 0 Å². The van der Waals surface area contributed by atoms with Crippen molar-refractivity contribution in [1.29, 1.82) is 0 Å². The lowest BCUT2D eigenvalue weighted by Crippen LogP contribution is -2.46. The standard InChI is InChI=1S/C17H24N2O4/c1-3-4-10-22-14-7-5-13(6-8-14)18-16(20)12-15-17(21)19(2)9-11-23-15/h5-8,15H,3-4,9-12H2,1-2H3,(H,18,20). The minimum absolute atomic E-state index is 0.0257. The molecule has 126 valence electrons. The number of likely N-dealkylation sites (N-methyl/N-ethyl adjacent to an activating group) is 1. The number of carbonyl (C=O) groups excluding carboxylic acids is 2. The molecule has 0 radical (unpaired) electrons. The molecule has 1 saturated heterocycles. The number of amides is 2. The normalized spacial score (nSPS) is 17.9. The monoisotopic (exact) mass is 320 g/mol. The zero-order valence-corrected chi connectivity index (χ0v) is 13.7. The molecule has 1 unspecified atom stereocenters. The fraction of sp³-hybridized carbons (Fsp3) is 0.529. The van der Waals surface area contributed by atoms with Crippen LogP contribution in [0.2, 0.25) is 0 Å². The quantitative estimate of drug-likeness (QED) is 0.781. The smallest absolute Gasteiger partial charge is 0.252 e. The number of rotatable bonds is 7. The van der Waals surface area contributed by atoms with Crippen molar-refractivity contribution >= 4 is 17.5 Å². The van der Waals surface area contributed by atoms with Crippen LogP contribution in [0.4, 0.5) is 5.69 Å². The number of anilines is 1. The summed E-state index contributed by atoms with van der Waals surface area (Å²) in [7, 11) is 1.72. The van der Waals surface area contributed by atoms with E-state index >= 15 is 0 Å². The Labute approximate surface area is 136 Å². The summed E-state index contributed by atoms with van der Waals surface area (Å²) in [5.74, 6) is 0.397.